The van der Waals surface area contributed by atoms with Gasteiger partial charge in [-0.1, -0.05) is 12.8 Å². The van der Waals surface area contributed by atoms with Crippen LogP contribution in [0.1, 0.15) is 27.2 Å². The minimum absolute atomic E-state index is 0.0422. The van der Waals surface area contributed by atoms with Gasteiger partial charge in [-0.15, -0.1) is 6.42 Å². The minimum atomic E-state index is -0.129. The molecule has 1 aliphatic rings. The largest absolute Gasteiger partial charge is 0.466 e. The Balaban J connectivity index is 2.56. The molecule has 0 saturated carbocycles. The molecular weight excluding hydrogens is 218 g/mol. The number of hydrogen-bond donors (Lipinski definition) is 1. The van der Waals surface area contributed by atoms with Crippen molar-refractivity contribution in [2.45, 2.75) is 39.5 Å². The fourth-order valence-corrected chi connectivity index (χ4v) is 2.38. The van der Waals surface area contributed by atoms with E-state index in [2.05, 4.69) is 11.2 Å². The first kappa shape index (κ1) is 14.0. The summed E-state index contributed by atoms with van der Waals surface area (Å²) in [6.45, 7) is 6.56. The highest BCUT2D eigenvalue weighted by Crippen LogP contribution is 2.27. The molecule has 1 N–H and O–H groups in total. The lowest BCUT2D eigenvalue weighted by molar-refractivity contribution is -0.154. The lowest BCUT2D eigenvalue weighted by Crippen LogP contribution is -2.53. The lowest BCUT2D eigenvalue weighted by atomic mass is 9.82. The predicted molar refractivity (Wildman–Crippen MR) is 65.1 cm³/mol. The molecule has 1 aliphatic heterocycles. The highest BCUT2D eigenvalue weighted by Gasteiger charge is 2.38. The Morgan fingerprint density at radius 1 is 1.53 bits per heavy atom. The second-order valence-electron chi connectivity index (χ2n) is 4.45. The molecule has 0 radical (unpaired) electrons. The molecule has 1 fully saturated rings. The number of carbonyl (C=O) groups excluding carboxylic acids is 1. The molecule has 17 heavy (non-hydrogen) atoms. The van der Waals surface area contributed by atoms with E-state index in [1.165, 1.54) is 0 Å². The zero-order valence-electron chi connectivity index (χ0n) is 10.7. The third-order valence-corrected chi connectivity index (χ3v) is 3.11. The zero-order valence-corrected chi connectivity index (χ0v) is 10.7. The van der Waals surface area contributed by atoms with Crippen molar-refractivity contribution in [3.63, 3.8) is 0 Å². The number of esters is 1. The molecule has 0 bridgehead atoms. The van der Waals surface area contributed by atoms with Crippen molar-refractivity contribution < 1.29 is 14.3 Å². The monoisotopic (exact) mass is 239 g/mol. The molecule has 0 aromatic carbocycles. The summed E-state index contributed by atoms with van der Waals surface area (Å²) in [4.78, 5) is 11.8. The summed E-state index contributed by atoms with van der Waals surface area (Å²) < 4.78 is 10.5. The Labute approximate surface area is 103 Å². The average molecular weight is 239 g/mol. The Morgan fingerprint density at radius 2 is 2.24 bits per heavy atom. The van der Waals surface area contributed by atoms with Crippen LogP contribution in [0.15, 0.2) is 0 Å². The van der Waals surface area contributed by atoms with E-state index < -0.39 is 0 Å². The maximum Gasteiger partial charge on any atom is 0.310 e. The lowest BCUT2D eigenvalue weighted by Gasteiger charge is -2.38. The van der Waals surface area contributed by atoms with Crippen molar-refractivity contribution in [1.29, 1.82) is 0 Å². The van der Waals surface area contributed by atoms with Gasteiger partial charge in [0.1, 0.15) is 12.8 Å². The summed E-state index contributed by atoms with van der Waals surface area (Å²) >= 11 is 0. The second kappa shape index (κ2) is 6.63. The van der Waals surface area contributed by atoms with E-state index in [9.17, 15) is 4.79 Å². The van der Waals surface area contributed by atoms with E-state index in [1.807, 2.05) is 20.8 Å². The summed E-state index contributed by atoms with van der Waals surface area (Å²) in [5.74, 6) is 2.44. The van der Waals surface area contributed by atoms with Gasteiger partial charge in [-0.2, -0.15) is 0 Å². The number of terminal acetylenes is 1. The molecule has 0 spiro atoms. The van der Waals surface area contributed by atoms with Crippen molar-refractivity contribution in [3.8, 4) is 12.3 Å². The van der Waals surface area contributed by atoms with Crippen molar-refractivity contribution in [2.24, 2.45) is 11.8 Å². The van der Waals surface area contributed by atoms with Gasteiger partial charge in [-0.3, -0.25) is 10.1 Å². The molecule has 4 atom stereocenters. The van der Waals surface area contributed by atoms with Crippen LogP contribution in [0.2, 0.25) is 0 Å². The molecular formula is C13H21NO3. The topological polar surface area (TPSA) is 47.6 Å². The van der Waals surface area contributed by atoms with Gasteiger partial charge in [-0.25, -0.2) is 0 Å². The van der Waals surface area contributed by atoms with Crippen LogP contribution in [0, 0.1) is 24.2 Å². The summed E-state index contributed by atoms with van der Waals surface area (Å²) in [6.07, 6.45) is 5.86. The molecule has 0 aromatic rings. The molecule has 4 heteroatoms. The Bertz CT molecular complexity index is 286. The maximum atomic E-state index is 11.8. The van der Waals surface area contributed by atoms with Crippen molar-refractivity contribution in [2.75, 3.05) is 13.2 Å². The van der Waals surface area contributed by atoms with E-state index in [-0.39, 0.29) is 30.1 Å². The second-order valence-corrected chi connectivity index (χ2v) is 4.45. The Hall–Kier alpha value is -1.05. The van der Waals surface area contributed by atoms with Gasteiger partial charge in [0.25, 0.3) is 0 Å². The molecule has 4 nitrogen and oxygen atoms in total. The van der Waals surface area contributed by atoms with E-state index in [0.717, 1.165) is 6.42 Å². The van der Waals surface area contributed by atoms with Crippen LogP contribution in [0.25, 0.3) is 0 Å². The third-order valence-electron chi connectivity index (χ3n) is 3.11. The van der Waals surface area contributed by atoms with Gasteiger partial charge < -0.3 is 9.47 Å². The van der Waals surface area contributed by atoms with Crippen molar-refractivity contribution in [1.82, 2.24) is 5.32 Å². The standard InChI is InChI=1S/C13H21NO3/c1-5-7-17-11-8-9(3)12(10(4)14-11)13(15)16-6-2/h1,9-12,14H,6-8H2,2-4H3. The highest BCUT2D eigenvalue weighted by molar-refractivity contribution is 5.73. The van der Waals surface area contributed by atoms with Crippen LogP contribution in [0.5, 0.6) is 0 Å². The first-order valence-electron chi connectivity index (χ1n) is 6.07. The van der Waals surface area contributed by atoms with Crippen LogP contribution >= 0.6 is 0 Å². The van der Waals surface area contributed by atoms with Gasteiger partial charge in [0.15, 0.2) is 0 Å². The molecule has 1 rings (SSSR count). The van der Waals surface area contributed by atoms with Gasteiger partial charge in [-0.05, 0) is 26.2 Å². The fraction of sp³-hybridized carbons (Fsp3) is 0.769. The SMILES string of the molecule is C#CCOC1CC(C)C(C(=O)OCC)C(C)N1. The maximum absolute atomic E-state index is 11.8. The van der Waals surface area contributed by atoms with Crippen LogP contribution in [0.4, 0.5) is 0 Å². The number of rotatable bonds is 4. The van der Waals surface area contributed by atoms with Crippen molar-refractivity contribution >= 4 is 5.97 Å². The molecule has 1 saturated heterocycles. The first-order valence-corrected chi connectivity index (χ1v) is 6.07. The predicted octanol–water partition coefficient (Wildman–Crippen LogP) is 1.16. The van der Waals surface area contributed by atoms with Crippen LogP contribution < -0.4 is 5.32 Å². The smallest absolute Gasteiger partial charge is 0.310 e. The summed E-state index contributed by atoms with van der Waals surface area (Å²) in [5, 5.41) is 3.25. The minimum Gasteiger partial charge on any atom is -0.466 e. The first-order chi connectivity index (χ1) is 8.10. The fourth-order valence-electron chi connectivity index (χ4n) is 2.38. The van der Waals surface area contributed by atoms with Gasteiger partial charge in [0.05, 0.1) is 12.5 Å². The quantitative estimate of drug-likeness (QED) is 0.591. The average Bonchev–Trinajstić information content (AvgIpc) is 2.25. The molecule has 0 amide bonds. The Kier molecular flexibility index (Phi) is 5.46. The van der Waals surface area contributed by atoms with Gasteiger partial charge in [0.2, 0.25) is 0 Å². The van der Waals surface area contributed by atoms with Crippen LogP contribution in [0.3, 0.4) is 0 Å². The number of nitrogens with one attached hydrogen (secondary N) is 1. The summed E-state index contributed by atoms with van der Waals surface area (Å²) in [7, 11) is 0. The van der Waals surface area contributed by atoms with Gasteiger partial charge >= 0.3 is 5.97 Å². The zero-order chi connectivity index (χ0) is 12.8. The van der Waals surface area contributed by atoms with Crippen molar-refractivity contribution in [3.05, 3.63) is 0 Å². The Morgan fingerprint density at radius 3 is 2.76 bits per heavy atom. The van der Waals surface area contributed by atoms with Crippen LogP contribution in [-0.2, 0) is 14.3 Å². The normalized spacial score (nSPS) is 32.8. The molecule has 4 unspecified atom stereocenters. The van der Waals surface area contributed by atoms with Crippen LogP contribution in [-0.4, -0.2) is 31.5 Å². The molecule has 0 aromatic heterocycles. The summed E-state index contributed by atoms with van der Waals surface area (Å²) in [6, 6.07) is 0.0422. The van der Waals surface area contributed by atoms with E-state index in [1.54, 1.807) is 0 Å². The summed E-state index contributed by atoms with van der Waals surface area (Å²) in [5.41, 5.74) is 0. The third kappa shape index (κ3) is 3.72. The van der Waals surface area contributed by atoms with E-state index in [0.29, 0.717) is 13.2 Å². The number of carbonyl (C=O) groups is 1. The molecule has 96 valence electrons. The van der Waals surface area contributed by atoms with Gasteiger partial charge in [0, 0.05) is 6.04 Å². The van der Waals surface area contributed by atoms with E-state index in [4.69, 9.17) is 15.9 Å². The number of hydrogen-bond acceptors (Lipinski definition) is 4. The number of ether oxygens (including phenoxy) is 2. The number of piperidine rings is 1. The molecule has 0 aliphatic carbocycles. The molecule has 1 heterocycles. The highest BCUT2D eigenvalue weighted by atomic mass is 16.5. The van der Waals surface area contributed by atoms with E-state index >= 15 is 0 Å².